The highest BCUT2D eigenvalue weighted by atomic mass is 32.2. The molecule has 208 valence electrons. The Kier molecular flexibility index (Phi) is 10.1. The molecule has 0 aromatic rings. The highest BCUT2D eigenvalue weighted by Gasteiger charge is 2.42. The van der Waals surface area contributed by atoms with Crippen LogP contribution in [0.1, 0.15) is 12.8 Å². The van der Waals surface area contributed by atoms with Crippen LogP contribution in [-0.2, 0) is 19.2 Å². The number of piperazine rings is 2. The molecule has 16 heteroatoms. The minimum absolute atomic E-state index is 0.0927. The molecular weight excluding hydrogens is 569 g/mol. The van der Waals surface area contributed by atoms with Crippen molar-refractivity contribution >= 4 is 80.2 Å². The van der Waals surface area contributed by atoms with Crippen LogP contribution in [0.3, 0.4) is 0 Å². The minimum atomic E-state index is -0.402. The number of hydrogen-bond donors (Lipinski definition) is 2. The van der Waals surface area contributed by atoms with Gasteiger partial charge in [0.1, 0.15) is 8.64 Å². The minimum Gasteiger partial charge on any atom is -0.304 e. The summed E-state index contributed by atoms with van der Waals surface area (Å²) in [7, 11) is 4.07. The van der Waals surface area contributed by atoms with Gasteiger partial charge < -0.3 is 9.80 Å². The zero-order valence-electron chi connectivity index (χ0n) is 21.4. The summed E-state index contributed by atoms with van der Waals surface area (Å²) in [5.74, 6) is -1.18. The third kappa shape index (κ3) is 7.29. The molecule has 0 unspecified atom stereocenters. The van der Waals surface area contributed by atoms with Gasteiger partial charge in [0.2, 0.25) is 11.8 Å². The van der Waals surface area contributed by atoms with Crippen molar-refractivity contribution in [3.05, 3.63) is 9.81 Å². The second kappa shape index (κ2) is 13.1. The first-order valence-electron chi connectivity index (χ1n) is 12.4. The largest absolute Gasteiger partial charge is 0.304 e. The number of hydrogen-bond acceptors (Lipinski definition) is 12. The van der Waals surface area contributed by atoms with Gasteiger partial charge in [-0.1, -0.05) is 48.0 Å². The van der Waals surface area contributed by atoms with E-state index in [1.807, 2.05) is 24.1 Å². The SMILES string of the molecule is CN1CCN(NC(=O)CCN2C(=O)C(=C3SC(=S)N(CCC(=O)NN4CCN(C)CC4)C3=O)SC2=S)CC1. The maximum atomic E-state index is 13.1. The molecule has 4 saturated heterocycles. The Hall–Kier alpha value is -1.66. The number of nitrogens with one attached hydrogen (secondary N) is 2. The second-order valence-corrected chi connectivity index (χ2v) is 12.7. The fourth-order valence-corrected chi connectivity index (χ4v) is 6.95. The Labute approximate surface area is 241 Å². The van der Waals surface area contributed by atoms with Crippen molar-refractivity contribution in [3.63, 3.8) is 0 Å². The molecule has 0 aliphatic carbocycles. The van der Waals surface area contributed by atoms with Crippen LogP contribution >= 0.6 is 48.0 Å². The van der Waals surface area contributed by atoms with E-state index in [0.29, 0.717) is 8.64 Å². The maximum Gasteiger partial charge on any atom is 0.267 e. The van der Waals surface area contributed by atoms with Crippen LogP contribution in [0.15, 0.2) is 9.81 Å². The van der Waals surface area contributed by atoms with Gasteiger partial charge in [-0.15, -0.1) is 0 Å². The van der Waals surface area contributed by atoms with E-state index in [1.54, 1.807) is 0 Å². The van der Waals surface area contributed by atoms with E-state index in [2.05, 4.69) is 20.7 Å². The van der Waals surface area contributed by atoms with Crippen molar-refractivity contribution in [1.29, 1.82) is 0 Å². The van der Waals surface area contributed by atoms with E-state index in [1.165, 1.54) is 9.80 Å². The molecule has 4 aliphatic rings. The molecule has 38 heavy (non-hydrogen) atoms. The lowest BCUT2D eigenvalue weighted by molar-refractivity contribution is -0.129. The van der Waals surface area contributed by atoms with Crippen LogP contribution in [-0.4, -0.2) is 141 Å². The van der Waals surface area contributed by atoms with Gasteiger partial charge >= 0.3 is 0 Å². The van der Waals surface area contributed by atoms with Gasteiger partial charge in [-0.3, -0.25) is 39.8 Å². The fraction of sp³-hybridized carbons (Fsp3) is 0.636. The first kappa shape index (κ1) is 29.3. The van der Waals surface area contributed by atoms with Crippen molar-refractivity contribution in [1.82, 2.24) is 40.5 Å². The van der Waals surface area contributed by atoms with Crippen LogP contribution in [0.2, 0.25) is 0 Å². The molecule has 0 saturated carbocycles. The number of hydrazine groups is 2. The number of thioether (sulfide) groups is 2. The summed E-state index contributed by atoms with van der Waals surface area (Å²) in [5.41, 5.74) is 5.75. The molecule has 4 rings (SSSR count). The Bertz CT molecular complexity index is 960. The molecule has 0 bridgehead atoms. The van der Waals surface area contributed by atoms with E-state index < -0.39 is 11.8 Å². The molecule has 0 atom stereocenters. The Morgan fingerprint density at radius 1 is 0.684 bits per heavy atom. The van der Waals surface area contributed by atoms with Gasteiger partial charge in [-0.05, 0) is 14.1 Å². The van der Waals surface area contributed by atoms with Crippen molar-refractivity contribution in [2.45, 2.75) is 12.8 Å². The molecule has 0 aromatic carbocycles. The zero-order chi connectivity index (χ0) is 27.4. The standard InChI is InChI=1S/C22H32N8O4S4/c1-25-7-11-27(12-8-25)23-15(31)3-5-29-19(33)17(37-21(29)35)18-20(34)30(22(36)38-18)6-4-16(32)24-28-13-9-26(2)10-14-28/h3-14H2,1-2H3,(H,23,31)(H,24,32). The van der Waals surface area contributed by atoms with Crippen molar-refractivity contribution in [2.75, 3.05) is 79.5 Å². The quantitative estimate of drug-likeness (QED) is 0.270. The topological polar surface area (TPSA) is 112 Å². The lowest BCUT2D eigenvalue weighted by atomic mass is 10.3. The van der Waals surface area contributed by atoms with E-state index >= 15 is 0 Å². The molecule has 4 amide bonds. The average Bonchev–Trinajstić information content (AvgIpc) is 3.32. The Morgan fingerprint density at radius 2 is 1.03 bits per heavy atom. The van der Waals surface area contributed by atoms with Gasteiger partial charge in [0.25, 0.3) is 11.8 Å². The predicted octanol–water partition coefficient (Wildman–Crippen LogP) is -0.744. The third-order valence-corrected chi connectivity index (χ3v) is 9.63. The Balaban J connectivity index is 1.28. The highest BCUT2D eigenvalue weighted by molar-refractivity contribution is 8.29. The summed E-state index contributed by atoms with van der Waals surface area (Å²) >= 11 is 12.9. The number of rotatable bonds is 8. The van der Waals surface area contributed by atoms with Crippen molar-refractivity contribution in [3.8, 4) is 0 Å². The van der Waals surface area contributed by atoms with Crippen LogP contribution in [0, 0.1) is 0 Å². The van der Waals surface area contributed by atoms with Crippen molar-refractivity contribution < 1.29 is 19.2 Å². The monoisotopic (exact) mass is 600 g/mol. The lowest BCUT2D eigenvalue weighted by Gasteiger charge is -2.32. The predicted molar refractivity (Wildman–Crippen MR) is 154 cm³/mol. The molecule has 4 aliphatic heterocycles. The van der Waals surface area contributed by atoms with Gasteiger partial charge in [0.05, 0.1) is 9.81 Å². The summed E-state index contributed by atoms with van der Waals surface area (Å²) in [6.07, 6.45) is 0.185. The van der Waals surface area contributed by atoms with Crippen molar-refractivity contribution in [2.24, 2.45) is 0 Å². The smallest absolute Gasteiger partial charge is 0.267 e. The normalized spacial score (nSPS) is 24.6. The molecule has 0 radical (unpaired) electrons. The highest BCUT2D eigenvalue weighted by Crippen LogP contribution is 2.42. The summed E-state index contributed by atoms with van der Waals surface area (Å²) in [4.78, 5) is 58.6. The number of nitrogens with zero attached hydrogens (tertiary/aromatic N) is 6. The number of amides is 4. The summed E-state index contributed by atoms with van der Waals surface area (Å²) in [6, 6.07) is 0. The van der Waals surface area contributed by atoms with Crippen LogP contribution < -0.4 is 10.9 Å². The second-order valence-electron chi connectivity index (χ2n) is 9.46. The molecule has 4 fully saturated rings. The summed E-state index contributed by atoms with van der Waals surface area (Å²) < 4.78 is 0.600. The number of carbonyl (C=O) groups excluding carboxylic acids is 4. The van der Waals surface area contributed by atoms with Gasteiger partial charge in [-0.25, -0.2) is 10.0 Å². The van der Waals surface area contributed by atoms with E-state index in [0.717, 1.165) is 75.9 Å². The van der Waals surface area contributed by atoms with Crippen LogP contribution in [0.4, 0.5) is 0 Å². The lowest BCUT2D eigenvalue weighted by Crippen LogP contribution is -2.52. The number of likely N-dealkylation sites (N-methyl/N-ethyl adjacent to an activating group) is 2. The molecular formula is C22H32N8O4S4. The number of thiocarbonyl (C=S) groups is 2. The molecule has 0 spiro atoms. The molecule has 0 aromatic heterocycles. The fourth-order valence-electron chi connectivity index (χ4n) is 4.18. The first-order chi connectivity index (χ1) is 18.1. The van der Waals surface area contributed by atoms with E-state index in [9.17, 15) is 19.2 Å². The maximum absolute atomic E-state index is 13.1. The van der Waals surface area contributed by atoms with Gasteiger partial charge in [0, 0.05) is 78.3 Å². The third-order valence-electron chi connectivity index (χ3n) is 6.60. The molecule has 12 nitrogen and oxygen atoms in total. The first-order valence-corrected chi connectivity index (χ1v) is 14.8. The van der Waals surface area contributed by atoms with Gasteiger partial charge in [-0.2, -0.15) is 0 Å². The summed E-state index contributed by atoms with van der Waals surface area (Å²) in [5, 5.41) is 3.76. The number of carbonyl (C=O) groups is 4. The zero-order valence-corrected chi connectivity index (χ0v) is 24.7. The van der Waals surface area contributed by atoms with E-state index in [-0.39, 0.29) is 47.6 Å². The Morgan fingerprint density at radius 3 is 1.37 bits per heavy atom. The van der Waals surface area contributed by atoms with Crippen LogP contribution in [0.25, 0.3) is 0 Å². The average molecular weight is 601 g/mol. The van der Waals surface area contributed by atoms with Gasteiger partial charge in [0.15, 0.2) is 0 Å². The molecule has 4 heterocycles. The molecule has 2 N–H and O–H groups in total. The van der Waals surface area contributed by atoms with Crippen LogP contribution in [0.5, 0.6) is 0 Å². The van der Waals surface area contributed by atoms with E-state index in [4.69, 9.17) is 24.4 Å². The summed E-state index contributed by atoms with van der Waals surface area (Å²) in [6.45, 7) is 6.68.